The molecule has 5 rings (SSSR count). The number of pyridine rings is 1. The molecule has 0 fully saturated rings. The number of halogens is 3. The minimum absolute atomic E-state index is 0.0850. The van der Waals surface area contributed by atoms with Gasteiger partial charge < -0.3 is 15.8 Å². The van der Waals surface area contributed by atoms with Crippen LogP contribution in [-0.2, 0) is 0 Å². The highest BCUT2D eigenvalue weighted by Crippen LogP contribution is 2.34. The number of benzene rings is 2. The number of nitrogen functional groups attached to an aromatic ring is 1. The fraction of sp³-hybridized carbons (Fsp3) is 0. The second kappa shape index (κ2) is 8.74. The van der Waals surface area contributed by atoms with Crippen molar-refractivity contribution in [2.24, 2.45) is 0 Å². The van der Waals surface area contributed by atoms with Crippen molar-refractivity contribution in [2.75, 3.05) is 11.1 Å². The number of ether oxygens (including phenoxy) is 1. The summed E-state index contributed by atoms with van der Waals surface area (Å²) in [6.07, 6.45) is 3.29. The molecular formula is C22H14Cl3N7O. The van der Waals surface area contributed by atoms with Crippen molar-refractivity contribution >= 4 is 63.2 Å². The molecule has 0 unspecified atom stereocenters. The number of anilines is 3. The lowest BCUT2D eigenvalue weighted by Gasteiger charge is -2.12. The highest BCUT2D eigenvalue weighted by molar-refractivity contribution is 6.41. The molecular weight excluding hydrogens is 485 g/mol. The number of nitrogens with one attached hydrogen (secondary N) is 2. The monoisotopic (exact) mass is 497 g/mol. The molecule has 0 aliphatic heterocycles. The molecule has 3 heterocycles. The maximum Gasteiger partial charge on any atom is 0.222 e. The Labute approximate surface area is 202 Å². The van der Waals surface area contributed by atoms with Gasteiger partial charge in [0.05, 0.1) is 27.5 Å². The zero-order valence-electron chi connectivity index (χ0n) is 16.7. The van der Waals surface area contributed by atoms with Gasteiger partial charge in [0.15, 0.2) is 0 Å². The Morgan fingerprint density at radius 1 is 0.909 bits per heavy atom. The molecule has 0 saturated carbocycles. The summed E-state index contributed by atoms with van der Waals surface area (Å²) in [5, 5.41) is 12.0. The van der Waals surface area contributed by atoms with Crippen molar-refractivity contribution in [3.05, 3.63) is 76.1 Å². The van der Waals surface area contributed by atoms with Crippen LogP contribution in [0, 0.1) is 0 Å². The molecule has 0 amide bonds. The van der Waals surface area contributed by atoms with Crippen LogP contribution in [0.15, 0.2) is 60.9 Å². The topological polar surface area (TPSA) is 115 Å². The van der Waals surface area contributed by atoms with Gasteiger partial charge in [0.1, 0.15) is 22.5 Å². The summed E-state index contributed by atoms with van der Waals surface area (Å²) in [6, 6.07) is 14.3. The van der Waals surface area contributed by atoms with E-state index in [4.69, 9.17) is 45.3 Å². The summed E-state index contributed by atoms with van der Waals surface area (Å²) in [5.74, 6) is 1.71. The summed E-state index contributed by atoms with van der Waals surface area (Å²) in [5.41, 5.74) is 8.70. The molecule has 164 valence electrons. The third-order valence-electron chi connectivity index (χ3n) is 4.68. The third kappa shape index (κ3) is 4.63. The maximum absolute atomic E-state index is 6.46. The van der Waals surface area contributed by atoms with E-state index in [1.165, 1.54) is 0 Å². The zero-order chi connectivity index (χ0) is 22.9. The Morgan fingerprint density at radius 2 is 1.79 bits per heavy atom. The number of aromatic nitrogens is 5. The normalized spacial score (nSPS) is 11.0. The van der Waals surface area contributed by atoms with Gasteiger partial charge in [-0.1, -0.05) is 34.8 Å². The first-order valence-corrected chi connectivity index (χ1v) is 10.7. The first-order chi connectivity index (χ1) is 15.9. The molecule has 0 atom stereocenters. The maximum atomic E-state index is 6.46. The van der Waals surface area contributed by atoms with E-state index in [9.17, 15) is 0 Å². The molecule has 4 N–H and O–H groups in total. The Hall–Kier alpha value is -3.59. The van der Waals surface area contributed by atoms with Gasteiger partial charge in [-0.2, -0.15) is 10.1 Å². The summed E-state index contributed by atoms with van der Waals surface area (Å²) in [6.45, 7) is 0. The number of hydrogen-bond donors (Lipinski definition) is 3. The van der Waals surface area contributed by atoms with Gasteiger partial charge in [-0.05, 0) is 42.5 Å². The van der Waals surface area contributed by atoms with E-state index in [1.54, 1.807) is 36.7 Å². The van der Waals surface area contributed by atoms with Crippen LogP contribution in [0.3, 0.4) is 0 Å². The van der Waals surface area contributed by atoms with Crippen LogP contribution in [0.1, 0.15) is 0 Å². The molecule has 3 aromatic heterocycles. The minimum atomic E-state index is 0.0850. The molecule has 0 aliphatic carbocycles. The molecule has 0 radical (unpaired) electrons. The third-order valence-corrected chi connectivity index (χ3v) is 5.66. The minimum Gasteiger partial charge on any atom is -0.456 e. The number of nitrogens with zero attached hydrogens (tertiary/aromatic N) is 4. The lowest BCUT2D eigenvalue weighted by molar-refractivity contribution is 0.484. The highest BCUT2D eigenvalue weighted by atomic mass is 35.5. The Morgan fingerprint density at radius 3 is 2.61 bits per heavy atom. The van der Waals surface area contributed by atoms with E-state index in [0.717, 1.165) is 10.9 Å². The Kier molecular flexibility index (Phi) is 5.63. The van der Waals surface area contributed by atoms with E-state index in [2.05, 4.69) is 30.5 Å². The smallest absolute Gasteiger partial charge is 0.222 e. The lowest BCUT2D eigenvalue weighted by Crippen LogP contribution is -2.02. The van der Waals surface area contributed by atoms with Crippen LogP contribution in [0.25, 0.3) is 22.2 Å². The number of hydrogen-bond acceptors (Lipinski definition) is 7. The van der Waals surface area contributed by atoms with Gasteiger partial charge in [0, 0.05) is 28.9 Å². The van der Waals surface area contributed by atoms with Gasteiger partial charge in [-0.15, -0.1) is 0 Å². The molecule has 8 nitrogen and oxygen atoms in total. The lowest BCUT2D eigenvalue weighted by atomic mass is 10.2. The Balaban J connectivity index is 1.37. The van der Waals surface area contributed by atoms with E-state index in [0.29, 0.717) is 44.3 Å². The van der Waals surface area contributed by atoms with Crippen LogP contribution in [-0.4, -0.2) is 25.1 Å². The first kappa shape index (κ1) is 21.3. The number of H-pyrrole nitrogens is 1. The van der Waals surface area contributed by atoms with Crippen molar-refractivity contribution in [3.8, 4) is 22.8 Å². The molecule has 0 saturated heterocycles. The molecule has 0 aliphatic rings. The highest BCUT2D eigenvalue weighted by Gasteiger charge is 2.10. The average Bonchev–Trinajstić information content (AvgIpc) is 3.25. The number of rotatable bonds is 5. The molecule has 11 heteroatoms. The molecule has 5 aromatic rings. The van der Waals surface area contributed by atoms with Gasteiger partial charge in [-0.25, -0.2) is 9.97 Å². The van der Waals surface area contributed by atoms with Crippen molar-refractivity contribution in [3.63, 3.8) is 0 Å². The van der Waals surface area contributed by atoms with Gasteiger partial charge in [0.25, 0.3) is 0 Å². The van der Waals surface area contributed by atoms with Crippen molar-refractivity contribution in [1.29, 1.82) is 0 Å². The average molecular weight is 499 g/mol. The molecule has 2 aromatic carbocycles. The van der Waals surface area contributed by atoms with Crippen molar-refractivity contribution in [1.82, 2.24) is 25.1 Å². The second-order valence-corrected chi connectivity index (χ2v) is 8.16. The molecule has 0 bridgehead atoms. The van der Waals surface area contributed by atoms with Gasteiger partial charge in [0.2, 0.25) is 5.95 Å². The van der Waals surface area contributed by atoms with E-state index >= 15 is 0 Å². The van der Waals surface area contributed by atoms with Crippen molar-refractivity contribution in [2.45, 2.75) is 0 Å². The largest absolute Gasteiger partial charge is 0.456 e. The van der Waals surface area contributed by atoms with E-state index in [-0.39, 0.29) is 11.1 Å². The SMILES string of the molecule is Nc1nc(Nc2ccc(Oc3ccc4[nH]ncc4c3)c(Cl)c2)cc(-c2cnc(Cl)c(Cl)c2)n1. The van der Waals surface area contributed by atoms with E-state index < -0.39 is 0 Å². The van der Waals surface area contributed by atoms with Crippen molar-refractivity contribution < 1.29 is 4.74 Å². The summed E-state index contributed by atoms with van der Waals surface area (Å²) in [7, 11) is 0. The van der Waals surface area contributed by atoms with Gasteiger partial charge >= 0.3 is 0 Å². The number of nitrogens with two attached hydrogens (primary N) is 1. The summed E-state index contributed by atoms with van der Waals surface area (Å²) < 4.78 is 5.93. The quantitative estimate of drug-likeness (QED) is 0.237. The first-order valence-electron chi connectivity index (χ1n) is 9.58. The van der Waals surface area contributed by atoms with E-state index in [1.807, 2.05) is 24.3 Å². The second-order valence-electron chi connectivity index (χ2n) is 6.98. The zero-order valence-corrected chi connectivity index (χ0v) is 18.9. The van der Waals surface area contributed by atoms with Crippen LogP contribution < -0.4 is 15.8 Å². The fourth-order valence-corrected chi connectivity index (χ4v) is 3.65. The van der Waals surface area contributed by atoms with Crippen LogP contribution in [0.5, 0.6) is 11.5 Å². The van der Waals surface area contributed by atoms with Crippen LogP contribution >= 0.6 is 34.8 Å². The number of aromatic amines is 1. The van der Waals surface area contributed by atoms with Crippen LogP contribution in [0.2, 0.25) is 15.2 Å². The molecule has 0 spiro atoms. The fourth-order valence-electron chi connectivity index (χ4n) is 3.16. The summed E-state index contributed by atoms with van der Waals surface area (Å²) in [4.78, 5) is 12.5. The predicted molar refractivity (Wildman–Crippen MR) is 131 cm³/mol. The predicted octanol–water partition coefficient (Wildman–Crippen LogP) is 6.49. The number of fused-ring (bicyclic) bond motifs is 1. The van der Waals surface area contributed by atoms with Gasteiger partial charge in [-0.3, -0.25) is 5.10 Å². The molecule has 33 heavy (non-hydrogen) atoms. The van der Waals surface area contributed by atoms with Crippen LogP contribution in [0.4, 0.5) is 17.5 Å². The summed E-state index contributed by atoms with van der Waals surface area (Å²) >= 11 is 18.4. The standard InChI is InChI=1S/C22H14Cl3N7O/c23-15-7-13(1-4-19(15)33-14-2-3-17-11(5-14)10-28-32-17)29-20-8-18(30-22(26)31-20)12-6-16(24)21(25)27-9-12/h1-10H,(H,28,32)(H3,26,29,30,31). The Bertz CT molecular complexity index is 1490.